The van der Waals surface area contributed by atoms with Gasteiger partial charge in [0.1, 0.15) is 23.9 Å². The SMILES string of the molecule is CC(C)(C)COc1ccc2c(c1)[C@]1(COC(N)=N1)c1cc(C(=O)NC3CCCC3)ccc1O2. The first kappa shape index (κ1) is 21.6. The number of carbonyl (C=O) groups excluding carboxylic acids is 1. The second-order valence-corrected chi connectivity index (χ2v) is 10.4. The van der Waals surface area contributed by atoms with Crippen LogP contribution in [-0.2, 0) is 10.3 Å². The number of hydrogen-bond acceptors (Lipinski definition) is 6. The molecule has 0 radical (unpaired) electrons. The lowest BCUT2D eigenvalue weighted by molar-refractivity contribution is 0.0937. The Labute approximate surface area is 194 Å². The van der Waals surface area contributed by atoms with E-state index in [0.29, 0.717) is 23.7 Å². The molecule has 7 nitrogen and oxygen atoms in total. The fourth-order valence-electron chi connectivity index (χ4n) is 4.70. The predicted molar refractivity (Wildman–Crippen MR) is 126 cm³/mol. The van der Waals surface area contributed by atoms with Crippen molar-refractivity contribution < 1.29 is 19.0 Å². The van der Waals surface area contributed by atoms with Crippen LogP contribution in [0.4, 0.5) is 0 Å². The third-order valence-corrected chi connectivity index (χ3v) is 6.40. The number of hydrogen-bond donors (Lipinski definition) is 2. The number of carbonyl (C=O) groups is 1. The lowest BCUT2D eigenvalue weighted by Gasteiger charge is -2.34. The first-order chi connectivity index (χ1) is 15.7. The zero-order chi connectivity index (χ0) is 23.2. The third-order valence-electron chi connectivity index (χ3n) is 6.40. The maximum Gasteiger partial charge on any atom is 0.283 e. The summed E-state index contributed by atoms with van der Waals surface area (Å²) in [6.45, 7) is 7.18. The van der Waals surface area contributed by atoms with Crippen LogP contribution in [-0.4, -0.2) is 31.2 Å². The molecule has 1 fully saturated rings. The molecule has 0 unspecified atom stereocenters. The number of rotatable bonds is 4. The molecule has 7 heteroatoms. The van der Waals surface area contributed by atoms with E-state index in [2.05, 4.69) is 26.1 Å². The lowest BCUT2D eigenvalue weighted by atomic mass is 9.80. The fraction of sp³-hybridized carbons (Fsp3) is 0.462. The van der Waals surface area contributed by atoms with Crippen LogP contribution in [0.1, 0.15) is 67.9 Å². The molecule has 2 aromatic carbocycles. The van der Waals surface area contributed by atoms with Crippen molar-refractivity contribution in [3.05, 3.63) is 53.1 Å². The fourth-order valence-corrected chi connectivity index (χ4v) is 4.70. The smallest absolute Gasteiger partial charge is 0.283 e. The number of aliphatic imine (C=N–C) groups is 1. The molecular formula is C26H31N3O4. The summed E-state index contributed by atoms with van der Waals surface area (Å²) < 4.78 is 17.9. The zero-order valence-electron chi connectivity index (χ0n) is 19.4. The van der Waals surface area contributed by atoms with Crippen LogP contribution in [0.3, 0.4) is 0 Å². The summed E-state index contributed by atoms with van der Waals surface area (Å²) in [5.41, 5.74) is 7.28. The molecule has 1 saturated carbocycles. The molecule has 2 heterocycles. The summed E-state index contributed by atoms with van der Waals surface area (Å²) in [4.78, 5) is 17.7. The molecule has 33 heavy (non-hydrogen) atoms. The molecule has 174 valence electrons. The van der Waals surface area contributed by atoms with Gasteiger partial charge >= 0.3 is 0 Å². The van der Waals surface area contributed by atoms with E-state index >= 15 is 0 Å². The second kappa shape index (κ2) is 7.97. The van der Waals surface area contributed by atoms with Gasteiger partial charge in [-0.05, 0) is 54.7 Å². The number of amidine groups is 1. The standard InChI is InChI=1S/C26H31N3O4/c1-25(2,3)14-31-18-9-11-22-20(13-18)26(15-32-24(27)29-26)19-12-16(8-10-21(19)33-22)23(30)28-17-6-4-5-7-17/h8-13,17H,4-7,14-15H2,1-3H3,(H2,27,29)(H,28,30)/t26-/m0/s1. The third kappa shape index (κ3) is 4.12. The van der Waals surface area contributed by atoms with Gasteiger partial charge in [0.15, 0.2) is 5.54 Å². The number of nitrogens with zero attached hydrogens (tertiary/aromatic N) is 1. The van der Waals surface area contributed by atoms with Gasteiger partial charge in [0, 0.05) is 22.7 Å². The maximum absolute atomic E-state index is 13.0. The molecule has 0 bridgehead atoms. The molecule has 2 aliphatic heterocycles. The minimum atomic E-state index is -0.891. The minimum absolute atomic E-state index is 0.0251. The van der Waals surface area contributed by atoms with E-state index in [1.807, 2.05) is 30.3 Å². The van der Waals surface area contributed by atoms with Gasteiger partial charge in [-0.25, -0.2) is 4.99 Å². The van der Waals surface area contributed by atoms with E-state index in [4.69, 9.17) is 24.9 Å². The molecule has 2 aromatic rings. The van der Waals surface area contributed by atoms with Crippen LogP contribution in [0.25, 0.3) is 0 Å². The molecule has 3 aliphatic rings. The summed E-state index contributed by atoms with van der Waals surface area (Å²) in [5, 5.41) is 3.16. The summed E-state index contributed by atoms with van der Waals surface area (Å²) in [6.07, 6.45) is 4.38. The largest absolute Gasteiger partial charge is 0.493 e. The summed E-state index contributed by atoms with van der Waals surface area (Å²) in [6, 6.07) is 11.6. The number of ether oxygens (including phenoxy) is 3. The Kier molecular flexibility index (Phi) is 5.22. The quantitative estimate of drug-likeness (QED) is 0.718. The minimum Gasteiger partial charge on any atom is -0.493 e. The Hall–Kier alpha value is -3.22. The zero-order valence-corrected chi connectivity index (χ0v) is 19.4. The van der Waals surface area contributed by atoms with Crippen LogP contribution < -0.4 is 20.5 Å². The van der Waals surface area contributed by atoms with E-state index in [1.54, 1.807) is 6.07 Å². The maximum atomic E-state index is 13.0. The van der Waals surface area contributed by atoms with Crippen molar-refractivity contribution in [3.8, 4) is 17.2 Å². The van der Waals surface area contributed by atoms with E-state index < -0.39 is 5.54 Å². The van der Waals surface area contributed by atoms with E-state index in [-0.39, 0.29) is 30.0 Å². The molecule has 1 atom stereocenters. The molecular weight excluding hydrogens is 418 g/mol. The van der Waals surface area contributed by atoms with E-state index in [0.717, 1.165) is 42.6 Å². The Morgan fingerprint density at radius 2 is 1.85 bits per heavy atom. The second-order valence-electron chi connectivity index (χ2n) is 10.4. The van der Waals surface area contributed by atoms with Crippen molar-refractivity contribution in [2.24, 2.45) is 16.1 Å². The van der Waals surface area contributed by atoms with Crippen LogP contribution in [0.2, 0.25) is 0 Å². The Morgan fingerprint density at radius 3 is 2.52 bits per heavy atom. The average Bonchev–Trinajstić information content (AvgIpc) is 3.42. The van der Waals surface area contributed by atoms with Crippen molar-refractivity contribution in [2.75, 3.05) is 13.2 Å². The highest BCUT2D eigenvalue weighted by Crippen LogP contribution is 2.51. The first-order valence-corrected chi connectivity index (χ1v) is 11.6. The molecule has 0 aromatic heterocycles. The van der Waals surface area contributed by atoms with Gasteiger partial charge in [-0.2, -0.15) is 0 Å². The number of benzene rings is 2. The summed E-state index contributed by atoms with van der Waals surface area (Å²) >= 11 is 0. The van der Waals surface area contributed by atoms with E-state index in [9.17, 15) is 4.79 Å². The number of nitrogens with two attached hydrogens (primary N) is 1. The highest BCUT2D eigenvalue weighted by atomic mass is 16.5. The summed E-state index contributed by atoms with van der Waals surface area (Å²) in [7, 11) is 0. The molecule has 1 aliphatic carbocycles. The predicted octanol–water partition coefficient (Wildman–Crippen LogP) is 4.48. The van der Waals surface area contributed by atoms with Crippen LogP contribution in [0.5, 0.6) is 17.2 Å². The molecule has 1 spiro atoms. The van der Waals surface area contributed by atoms with Crippen molar-refractivity contribution in [1.82, 2.24) is 5.32 Å². The molecule has 1 amide bonds. The Bertz CT molecular complexity index is 1120. The van der Waals surface area contributed by atoms with Crippen LogP contribution in [0.15, 0.2) is 41.4 Å². The first-order valence-electron chi connectivity index (χ1n) is 11.6. The van der Waals surface area contributed by atoms with Crippen molar-refractivity contribution in [2.45, 2.75) is 58.0 Å². The van der Waals surface area contributed by atoms with Gasteiger partial charge < -0.3 is 25.3 Å². The Balaban J connectivity index is 1.52. The molecule has 0 saturated heterocycles. The average molecular weight is 450 g/mol. The van der Waals surface area contributed by atoms with Crippen LogP contribution >= 0.6 is 0 Å². The van der Waals surface area contributed by atoms with Gasteiger partial charge in [0.25, 0.3) is 11.9 Å². The van der Waals surface area contributed by atoms with Gasteiger partial charge in [-0.15, -0.1) is 0 Å². The normalized spacial score (nSPS) is 21.6. The van der Waals surface area contributed by atoms with Crippen molar-refractivity contribution in [1.29, 1.82) is 0 Å². The highest BCUT2D eigenvalue weighted by molar-refractivity contribution is 5.95. The summed E-state index contributed by atoms with van der Waals surface area (Å²) in [5.74, 6) is 1.97. The highest BCUT2D eigenvalue weighted by Gasteiger charge is 2.47. The topological polar surface area (TPSA) is 95.2 Å². The van der Waals surface area contributed by atoms with Crippen LogP contribution in [0, 0.1) is 5.41 Å². The molecule has 3 N–H and O–H groups in total. The van der Waals surface area contributed by atoms with E-state index in [1.165, 1.54) is 0 Å². The Morgan fingerprint density at radius 1 is 1.15 bits per heavy atom. The van der Waals surface area contributed by atoms with Gasteiger partial charge in [0.05, 0.1) is 6.61 Å². The number of fused-ring (bicyclic) bond motifs is 4. The van der Waals surface area contributed by atoms with Gasteiger partial charge in [-0.1, -0.05) is 33.6 Å². The van der Waals surface area contributed by atoms with Crippen molar-refractivity contribution >= 4 is 11.9 Å². The van der Waals surface area contributed by atoms with Gasteiger partial charge in [-0.3, -0.25) is 4.79 Å². The monoisotopic (exact) mass is 449 g/mol. The lowest BCUT2D eigenvalue weighted by Crippen LogP contribution is -2.34. The number of nitrogens with one attached hydrogen (secondary N) is 1. The van der Waals surface area contributed by atoms with Crippen molar-refractivity contribution in [3.63, 3.8) is 0 Å². The molecule has 5 rings (SSSR count). The van der Waals surface area contributed by atoms with Gasteiger partial charge in [0.2, 0.25) is 0 Å². The number of amides is 1.